The number of hydrogen-bond acceptors (Lipinski definition) is 3. The largest absolute Gasteiger partial charge is 0.303 e. The molecule has 0 amide bonds. The molecule has 0 aliphatic carbocycles. The Morgan fingerprint density at radius 2 is 1.53 bits per heavy atom. The molecule has 0 rings (SSSR count). The van der Waals surface area contributed by atoms with Crippen LogP contribution in [0.1, 0.15) is 58.3 Å². The quantitative estimate of drug-likeness (QED) is 0.424. The van der Waals surface area contributed by atoms with E-state index in [-0.39, 0.29) is 0 Å². The lowest BCUT2D eigenvalue weighted by Crippen LogP contribution is -2.25. The molecule has 0 aromatic carbocycles. The Kier molecular flexibility index (Phi) is 13.7. The van der Waals surface area contributed by atoms with Crippen molar-refractivity contribution in [2.45, 2.75) is 58.3 Å². The second-order valence-electron chi connectivity index (χ2n) is 4.54. The van der Waals surface area contributed by atoms with Crippen LogP contribution in [0.15, 0.2) is 0 Å². The third kappa shape index (κ3) is 12.1. The summed E-state index contributed by atoms with van der Waals surface area (Å²) in [6.07, 6.45) is 9.99. The van der Waals surface area contributed by atoms with E-state index in [1.54, 1.807) is 0 Å². The topological polar surface area (TPSA) is 27.0 Å². The molecule has 0 aliphatic rings. The van der Waals surface area contributed by atoms with Gasteiger partial charge in [-0.2, -0.15) is 17.9 Å². The van der Waals surface area contributed by atoms with Crippen LogP contribution in [0, 0.1) is 11.3 Å². The highest BCUT2D eigenvalue weighted by Crippen LogP contribution is 2.08. The number of hydrogen-bond donors (Lipinski definition) is 1. The van der Waals surface area contributed by atoms with Crippen molar-refractivity contribution in [1.29, 1.82) is 5.26 Å². The van der Waals surface area contributed by atoms with Crippen LogP contribution in [0.25, 0.3) is 0 Å². The first-order valence-corrected chi connectivity index (χ1v) is 7.68. The molecule has 0 aromatic heterocycles. The van der Waals surface area contributed by atoms with Gasteiger partial charge >= 0.3 is 0 Å². The van der Waals surface area contributed by atoms with Crippen molar-refractivity contribution < 1.29 is 0 Å². The van der Waals surface area contributed by atoms with Crippen LogP contribution in [0.4, 0.5) is 0 Å². The Labute approximate surface area is 113 Å². The van der Waals surface area contributed by atoms with Crippen molar-refractivity contribution in [3.8, 4) is 6.07 Å². The minimum Gasteiger partial charge on any atom is -0.303 e. The highest BCUT2D eigenvalue weighted by atomic mass is 32.1. The van der Waals surface area contributed by atoms with Gasteiger partial charge in [-0.25, -0.2) is 0 Å². The van der Waals surface area contributed by atoms with Gasteiger partial charge in [0, 0.05) is 13.0 Å². The molecule has 17 heavy (non-hydrogen) atoms. The van der Waals surface area contributed by atoms with E-state index in [0.717, 1.165) is 25.4 Å². The van der Waals surface area contributed by atoms with Crippen molar-refractivity contribution >= 4 is 12.6 Å². The lowest BCUT2D eigenvalue weighted by molar-refractivity contribution is 0.286. The Morgan fingerprint density at radius 3 is 2.06 bits per heavy atom. The molecule has 0 radical (unpaired) electrons. The zero-order chi connectivity index (χ0) is 12.8. The third-order valence-corrected chi connectivity index (χ3v) is 3.44. The van der Waals surface area contributed by atoms with Crippen LogP contribution < -0.4 is 0 Å². The summed E-state index contributed by atoms with van der Waals surface area (Å²) in [4.78, 5) is 2.38. The van der Waals surface area contributed by atoms with Gasteiger partial charge in [0.1, 0.15) is 0 Å². The van der Waals surface area contributed by atoms with Crippen LogP contribution in [-0.2, 0) is 0 Å². The number of thiol groups is 1. The average molecular weight is 256 g/mol. The molecule has 0 unspecified atom stereocenters. The van der Waals surface area contributed by atoms with Crippen LogP contribution in [0.3, 0.4) is 0 Å². The highest BCUT2D eigenvalue weighted by molar-refractivity contribution is 7.80. The molecule has 0 fully saturated rings. The maximum Gasteiger partial charge on any atom is 0.0635 e. The monoisotopic (exact) mass is 256 g/mol. The van der Waals surface area contributed by atoms with E-state index in [0.29, 0.717) is 6.42 Å². The van der Waals surface area contributed by atoms with Crippen molar-refractivity contribution in [2.75, 3.05) is 25.4 Å². The fourth-order valence-corrected chi connectivity index (χ4v) is 2.19. The predicted molar refractivity (Wildman–Crippen MR) is 78.5 cm³/mol. The molecule has 0 spiro atoms. The van der Waals surface area contributed by atoms with Crippen LogP contribution in [-0.4, -0.2) is 30.3 Å². The molecule has 0 aliphatic heterocycles. The summed E-state index contributed by atoms with van der Waals surface area (Å²) in [5, 5.41) is 8.54. The van der Waals surface area contributed by atoms with Crippen LogP contribution in [0.2, 0.25) is 0 Å². The van der Waals surface area contributed by atoms with E-state index in [1.807, 2.05) is 0 Å². The van der Waals surface area contributed by atoms with Gasteiger partial charge in [0.2, 0.25) is 0 Å². The molecule has 2 nitrogen and oxygen atoms in total. The Hall–Kier alpha value is -0.200. The number of nitriles is 1. The molecule has 0 atom stereocenters. The normalized spacial score (nSPS) is 10.7. The Bertz CT molecular complexity index is 189. The first-order chi connectivity index (χ1) is 8.35. The molecule has 0 N–H and O–H groups in total. The summed E-state index contributed by atoms with van der Waals surface area (Å²) < 4.78 is 0. The second-order valence-corrected chi connectivity index (χ2v) is 4.99. The summed E-state index contributed by atoms with van der Waals surface area (Å²) in [6.45, 7) is 5.35. The van der Waals surface area contributed by atoms with E-state index < -0.39 is 0 Å². The van der Waals surface area contributed by atoms with Crippen molar-refractivity contribution in [1.82, 2.24) is 4.90 Å². The average Bonchev–Trinajstić information content (AvgIpc) is 2.36. The summed E-state index contributed by atoms with van der Waals surface area (Å²) >= 11 is 4.21. The number of rotatable bonds is 12. The molecule has 3 heteroatoms. The van der Waals surface area contributed by atoms with E-state index >= 15 is 0 Å². The van der Waals surface area contributed by atoms with E-state index in [1.165, 1.54) is 44.9 Å². The van der Waals surface area contributed by atoms with Gasteiger partial charge in [0.15, 0.2) is 0 Å². The molecular weight excluding hydrogens is 228 g/mol. The summed E-state index contributed by atoms with van der Waals surface area (Å²) in [6, 6.07) is 2.21. The van der Waals surface area contributed by atoms with Crippen molar-refractivity contribution in [3.05, 3.63) is 0 Å². The SMILES string of the molecule is CCN(CCC#N)CCCCCCCCCS. The second kappa shape index (κ2) is 13.9. The van der Waals surface area contributed by atoms with E-state index in [2.05, 4.69) is 30.5 Å². The lowest BCUT2D eigenvalue weighted by Gasteiger charge is -2.18. The van der Waals surface area contributed by atoms with Crippen molar-refractivity contribution in [2.24, 2.45) is 0 Å². The van der Waals surface area contributed by atoms with Gasteiger partial charge in [0.05, 0.1) is 6.07 Å². The number of unbranched alkanes of at least 4 members (excludes halogenated alkanes) is 6. The zero-order valence-corrected chi connectivity index (χ0v) is 12.2. The smallest absolute Gasteiger partial charge is 0.0635 e. The van der Waals surface area contributed by atoms with Crippen molar-refractivity contribution in [3.63, 3.8) is 0 Å². The first kappa shape index (κ1) is 16.8. The zero-order valence-electron chi connectivity index (χ0n) is 11.3. The van der Waals surface area contributed by atoms with Gasteiger partial charge in [-0.1, -0.05) is 39.0 Å². The molecule has 0 saturated heterocycles. The highest BCUT2D eigenvalue weighted by Gasteiger charge is 2.00. The molecule has 0 aromatic rings. The Balaban J connectivity index is 3.22. The molecular formula is C14H28N2S. The predicted octanol–water partition coefficient (Wildman–Crippen LogP) is 3.88. The lowest BCUT2D eigenvalue weighted by atomic mass is 10.1. The molecule has 0 heterocycles. The van der Waals surface area contributed by atoms with E-state index in [9.17, 15) is 0 Å². The Morgan fingerprint density at radius 1 is 0.941 bits per heavy atom. The van der Waals surface area contributed by atoms with Gasteiger partial charge in [-0.05, 0) is 31.7 Å². The third-order valence-electron chi connectivity index (χ3n) is 3.12. The minimum absolute atomic E-state index is 0.664. The number of nitrogens with zero attached hydrogens (tertiary/aromatic N) is 2. The first-order valence-electron chi connectivity index (χ1n) is 7.05. The maximum absolute atomic E-state index is 8.54. The maximum atomic E-state index is 8.54. The van der Waals surface area contributed by atoms with Gasteiger partial charge in [0.25, 0.3) is 0 Å². The molecule has 0 bridgehead atoms. The summed E-state index contributed by atoms with van der Waals surface area (Å²) in [5.74, 6) is 1.03. The summed E-state index contributed by atoms with van der Waals surface area (Å²) in [7, 11) is 0. The van der Waals surface area contributed by atoms with E-state index in [4.69, 9.17) is 5.26 Å². The van der Waals surface area contributed by atoms with Crippen LogP contribution >= 0.6 is 12.6 Å². The molecule has 0 saturated carbocycles. The molecule has 100 valence electrons. The minimum atomic E-state index is 0.664. The van der Waals surface area contributed by atoms with Gasteiger partial charge in [-0.3, -0.25) is 0 Å². The van der Waals surface area contributed by atoms with Crippen LogP contribution in [0.5, 0.6) is 0 Å². The summed E-state index contributed by atoms with van der Waals surface area (Å²) in [5.41, 5.74) is 0. The van der Waals surface area contributed by atoms with Gasteiger partial charge < -0.3 is 4.90 Å². The fraction of sp³-hybridized carbons (Fsp3) is 0.929. The fourth-order valence-electron chi connectivity index (χ4n) is 1.97. The standard InChI is InChI=1S/C14H28N2S/c1-2-16(13-10-11-15)12-8-6-4-3-5-7-9-14-17/h17H,2-10,12-14H2,1H3. The van der Waals surface area contributed by atoms with Gasteiger partial charge in [-0.15, -0.1) is 0 Å².